The summed E-state index contributed by atoms with van der Waals surface area (Å²) in [6, 6.07) is 14.1. The number of aliphatic hydroxyl groups is 1. The van der Waals surface area contributed by atoms with Crippen molar-refractivity contribution in [3.05, 3.63) is 76.1 Å². The van der Waals surface area contributed by atoms with Gasteiger partial charge in [-0.2, -0.15) is 5.10 Å². The lowest BCUT2D eigenvalue weighted by molar-refractivity contribution is -0.0621. The number of aryl methyl sites for hydroxylation is 3. The molecule has 3 aromatic rings. The van der Waals surface area contributed by atoms with Crippen LogP contribution in [0, 0.1) is 20.8 Å². The number of hydrogen-bond acceptors (Lipinski definition) is 5. The van der Waals surface area contributed by atoms with Crippen molar-refractivity contribution in [2.45, 2.75) is 52.3 Å². The van der Waals surface area contributed by atoms with Crippen LogP contribution in [0.5, 0.6) is 11.5 Å². The van der Waals surface area contributed by atoms with Gasteiger partial charge in [0.05, 0.1) is 12.2 Å². The predicted molar refractivity (Wildman–Crippen MR) is 135 cm³/mol. The molecule has 4 rings (SSSR count). The SMILES string of the molecule is Cc1ccn(CCOc2ccc(CN3CCCC(O)(COc4cc(C)c(Cl)c(C)c4)C3)cc2)n1. The third-order valence-electron chi connectivity index (χ3n) is 6.24. The molecule has 1 aliphatic rings. The summed E-state index contributed by atoms with van der Waals surface area (Å²) < 4.78 is 13.7. The van der Waals surface area contributed by atoms with Gasteiger partial charge in [-0.1, -0.05) is 23.7 Å². The third kappa shape index (κ3) is 6.53. The highest BCUT2D eigenvalue weighted by atomic mass is 35.5. The van der Waals surface area contributed by atoms with Gasteiger partial charge in [0.1, 0.15) is 30.3 Å². The fourth-order valence-electron chi connectivity index (χ4n) is 4.46. The summed E-state index contributed by atoms with van der Waals surface area (Å²) in [7, 11) is 0. The number of aromatic nitrogens is 2. The lowest BCUT2D eigenvalue weighted by atomic mass is 9.93. The molecule has 182 valence electrons. The first kappa shape index (κ1) is 24.6. The van der Waals surface area contributed by atoms with Gasteiger partial charge >= 0.3 is 0 Å². The molecule has 1 unspecified atom stereocenters. The molecular weight excluding hydrogens is 450 g/mol. The number of halogens is 1. The normalized spacial score (nSPS) is 18.7. The molecule has 0 radical (unpaired) electrons. The molecule has 6 nitrogen and oxygen atoms in total. The number of nitrogens with zero attached hydrogens (tertiary/aromatic N) is 3. The molecule has 1 saturated heterocycles. The van der Waals surface area contributed by atoms with Gasteiger partial charge in [0, 0.05) is 24.3 Å². The van der Waals surface area contributed by atoms with Crippen LogP contribution in [0.25, 0.3) is 0 Å². The standard InChI is InChI=1S/C27H34ClN3O3/c1-20-15-25(16-21(2)26(20)28)34-19-27(32)10-4-11-30(18-27)17-23-5-7-24(8-6-23)33-14-13-31-12-9-22(3)29-31/h5-9,12,15-16,32H,4,10-11,13-14,17-19H2,1-3H3. The Morgan fingerprint density at radius 3 is 2.44 bits per heavy atom. The van der Waals surface area contributed by atoms with Crippen LogP contribution < -0.4 is 9.47 Å². The molecule has 2 heterocycles. The maximum atomic E-state index is 11.2. The van der Waals surface area contributed by atoms with E-state index in [0.29, 0.717) is 13.2 Å². The second-order valence-electron chi connectivity index (χ2n) is 9.41. The Bertz CT molecular complexity index is 1080. The number of hydrogen-bond donors (Lipinski definition) is 1. The van der Waals surface area contributed by atoms with E-state index in [1.807, 2.05) is 62.0 Å². The highest BCUT2D eigenvalue weighted by Crippen LogP contribution is 2.28. The smallest absolute Gasteiger partial charge is 0.120 e. The van der Waals surface area contributed by atoms with Crippen molar-refractivity contribution in [1.29, 1.82) is 0 Å². The Hall–Kier alpha value is -2.54. The van der Waals surface area contributed by atoms with Crippen molar-refractivity contribution in [2.24, 2.45) is 0 Å². The van der Waals surface area contributed by atoms with E-state index in [1.54, 1.807) is 0 Å². The van der Waals surface area contributed by atoms with Crippen molar-refractivity contribution in [2.75, 3.05) is 26.3 Å². The first-order valence-corrected chi connectivity index (χ1v) is 12.2. The molecule has 0 aliphatic carbocycles. The van der Waals surface area contributed by atoms with Gasteiger partial charge in [-0.05, 0) is 87.2 Å². The third-order valence-corrected chi connectivity index (χ3v) is 6.84. The zero-order valence-corrected chi connectivity index (χ0v) is 21.0. The number of β-amino-alcohol motifs (C(OH)–C–C–N with tert-alkyl or cyclic N) is 1. The summed E-state index contributed by atoms with van der Waals surface area (Å²) in [5.74, 6) is 1.60. The van der Waals surface area contributed by atoms with Crippen molar-refractivity contribution < 1.29 is 14.6 Å². The van der Waals surface area contributed by atoms with E-state index in [4.69, 9.17) is 21.1 Å². The predicted octanol–water partition coefficient (Wildman–Crippen LogP) is 4.95. The Balaban J connectivity index is 1.26. The van der Waals surface area contributed by atoms with Crippen molar-refractivity contribution >= 4 is 11.6 Å². The van der Waals surface area contributed by atoms with E-state index in [-0.39, 0.29) is 6.61 Å². The second-order valence-corrected chi connectivity index (χ2v) is 9.79. The molecule has 0 amide bonds. The molecule has 1 fully saturated rings. The molecule has 0 spiro atoms. The molecule has 0 bridgehead atoms. The van der Waals surface area contributed by atoms with Gasteiger partial charge in [-0.3, -0.25) is 9.58 Å². The first-order chi connectivity index (χ1) is 16.3. The van der Waals surface area contributed by atoms with Gasteiger partial charge in [0.25, 0.3) is 0 Å². The lowest BCUT2D eigenvalue weighted by Crippen LogP contribution is -2.51. The summed E-state index contributed by atoms with van der Waals surface area (Å²) in [6.07, 6.45) is 3.63. The van der Waals surface area contributed by atoms with Gasteiger partial charge in [-0.25, -0.2) is 0 Å². The van der Waals surface area contributed by atoms with Crippen molar-refractivity contribution in [3.63, 3.8) is 0 Å². The monoisotopic (exact) mass is 483 g/mol. The number of benzene rings is 2. The highest BCUT2D eigenvalue weighted by molar-refractivity contribution is 6.32. The van der Waals surface area contributed by atoms with Crippen LogP contribution in [0.1, 0.15) is 35.2 Å². The summed E-state index contributed by atoms with van der Waals surface area (Å²) in [4.78, 5) is 2.29. The van der Waals surface area contributed by atoms with Gasteiger partial charge < -0.3 is 14.6 Å². The van der Waals surface area contributed by atoms with Crippen LogP contribution in [-0.4, -0.2) is 51.7 Å². The fraction of sp³-hybridized carbons (Fsp3) is 0.444. The Morgan fingerprint density at radius 2 is 1.76 bits per heavy atom. The second kappa shape index (κ2) is 10.8. The average Bonchev–Trinajstić information content (AvgIpc) is 3.22. The summed E-state index contributed by atoms with van der Waals surface area (Å²) in [6.45, 7) is 9.81. The largest absolute Gasteiger partial charge is 0.492 e. The van der Waals surface area contributed by atoms with Gasteiger partial charge in [-0.15, -0.1) is 0 Å². The molecule has 34 heavy (non-hydrogen) atoms. The summed E-state index contributed by atoms with van der Waals surface area (Å²) in [5.41, 5.74) is 3.31. The minimum absolute atomic E-state index is 0.270. The van der Waals surface area contributed by atoms with E-state index in [0.717, 1.165) is 65.8 Å². The topological polar surface area (TPSA) is 59.8 Å². The van der Waals surface area contributed by atoms with Crippen LogP contribution >= 0.6 is 11.6 Å². The number of likely N-dealkylation sites (tertiary alicyclic amines) is 1. The molecule has 7 heteroatoms. The lowest BCUT2D eigenvalue weighted by Gasteiger charge is -2.39. The van der Waals surface area contributed by atoms with Crippen LogP contribution in [-0.2, 0) is 13.1 Å². The van der Waals surface area contributed by atoms with Crippen molar-refractivity contribution in [1.82, 2.24) is 14.7 Å². The minimum Gasteiger partial charge on any atom is -0.492 e. The van der Waals surface area contributed by atoms with Crippen LogP contribution in [0.3, 0.4) is 0 Å². The van der Waals surface area contributed by atoms with Crippen molar-refractivity contribution in [3.8, 4) is 11.5 Å². The number of ether oxygens (including phenoxy) is 2. The highest BCUT2D eigenvalue weighted by Gasteiger charge is 2.34. The molecule has 1 N–H and O–H groups in total. The first-order valence-electron chi connectivity index (χ1n) is 11.9. The Kier molecular flexibility index (Phi) is 7.81. The van der Waals surface area contributed by atoms with Gasteiger partial charge in [0.15, 0.2) is 0 Å². The van der Waals surface area contributed by atoms with Crippen LogP contribution in [0.2, 0.25) is 5.02 Å². The summed E-state index contributed by atoms with van der Waals surface area (Å²) >= 11 is 6.26. The fourth-order valence-corrected chi connectivity index (χ4v) is 4.57. The van der Waals surface area contributed by atoms with Crippen LogP contribution in [0.4, 0.5) is 0 Å². The average molecular weight is 484 g/mol. The number of piperidine rings is 1. The number of rotatable bonds is 9. The van der Waals surface area contributed by atoms with E-state index in [1.165, 1.54) is 5.56 Å². The molecule has 1 aliphatic heterocycles. The molecule has 1 aromatic heterocycles. The maximum Gasteiger partial charge on any atom is 0.120 e. The van der Waals surface area contributed by atoms with Crippen LogP contribution in [0.15, 0.2) is 48.7 Å². The van der Waals surface area contributed by atoms with E-state index in [2.05, 4.69) is 22.1 Å². The quantitative estimate of drug-likeness (QED) is 0.466. The zero-order chi connectivity index (χ0) is 24.1. The Labute approximate surface area is 207 Å². The van der Waals surface area contributed by atoms with E-state index >= 15 is 0 Å². The summed E-state index contributed by atoms with van der Waals surface area (Å²) in [5, 5.41) is 16.3. The molecule has 1 atom stereocenters. The van der Waals surface area contributed by atoms with E-state index in [9.17, 15) is 5.11 Å². The maximum absolute atomic E-state index is 11.2. The Morgan fingerprint density at radius 1 is 1.03 bits per heavy atom. The minimum atomic E-state index is -0.867. The van der Waals surface area contributed by atoms with E-state index < -0.39 is 5.60 Å². The molecular formula is C27H34ClN3O3. The molecule has 2 aromatic carbocycles. The zero-order valence-electron chi connectivity index (χ0n) is 20.3. The molecule has 0 saturated carbocycles. The van der Waals surface area contributed by atoms with Gasteiger partial charge in [0.2, 0.25) is 0 Å².